The zero-order valence-corrected chi connectivity index (χ0v) is 9.06. The molecule has 1 heterocycles. The second-order valence-corrected chi connectivity index (χ2v) is 3.37. The largest absolute Gasteiger partial charge is 0.496 e. The van der Waals surface area contributed by atoms with Crippen LogP contribution < -0.4 is 4.74 Å². The van der Waals surface area contributed by atoms with E-state index < -0.39 is 0 Å². The molecular weight excluding hydrogens is 206 g/mol. The molecule has 1 aromatic heterocycles. The number of oxazole rings is 1. The van der Waals surface area contributed by atoms with Gasteiger partial charge in [0.25, 0.3) is 0 Å². The van der Waals surface area contributed by atoms with Crippen LogP contribution in [0.15, 0.2) is 28.8 Å². The van der Waals surface area contributed by atoms with Crippen molar-refractivity contribution in [1.29, 1.82) is 0 Å². The molecule has 0 aliphatic rings. The van der Waals surface area contributed by atoms with Crippen LogP contribution in [0.3, 0.4) is 0 Å². The molecule has 0 bridgehead atoms. The number of aldehydes is 1. The van der Waals surface area contributed by atoms with Crippen LogP contribution in [0.5, 0.6) is 5.75 Å². The van der Waals surface area contributed by atoms with Crippen molar-refractivity contribution < 1.29 is 13.9 Å². The number of carbonyl (C=O) groups excluding carboxylic acids is 1. The van der Waals surface area contributed by atoms with E-state index in [0.717, 1.165) is 16.9 Å². The molecule has 0 amide bonds. The monoisotopic (exact) mass is 217 g/mol. The van der Waals surface area contributed by atoms with Gasteiger partial charge in [0.05, 0.1) is 13.3 Å². The highest BCUT2D eigenvalue weighted by Gasteiger charge is 2.07. The summed E-state index contributed by atoms with van der Waals surface area (Å²) in [5, 5.41) is 0. The Morgan fingerprint density at radius 1 is 1.44 bits per heavy atom. The SMILES string of the molecule is COc1ccc(-c2ncc(C=O)o2)cc1C. The zero-order valence-electron chi connectivity index (χ0n) is 9.06. The molecule has 4 nitrogen and oxygen atoms in total. The predicted molar refractivity (Wildman–Crippen MR) is 58.6 cm³/mol. The van der Waals surface area contributed by atoms with Crippen LogP contribution in [0, 0.1) is 6.92 Å². The topological polar surface area (TPSA) is 52.3 Å². The number of carbonyl (C=O) groups is 1. The molecule has 2 aromatic rings. The first kappa shape index (κ1) is 10.4. The smallest absolute Gasteiger partial charge is 0.226 e. The molecule has 82 valence electrons. The molecule has 0 N–H and O–H groups in total. The maximum Gasteiger partial charge on any atom is 0.226 e. The first-order valence-electron chi connectivity index (χ1n) is 4.80. The Morgan fingerprint density at radius 2 is 2.25 bits per heavy atom. The number of benzene rings is 1. The van der Waals surface area contributed by atoms with E-state index in [0.29, 0.717) is 12.2 Å². The quantitative estimate of drug-likeness (QED) is 0.741. The molecular formula is C12H11NO3. The molecule has 0 saturated carbocycles. The van der Waals surface area contributed by atoms with Gasteiger partial charge in [0.1, 0.15) is 5.75 Å². The Hall–Kier alpha value is -2.10. The normalized spacial score (nSPS) is 10.1. The zero-order chi connectivity index (χ0) is 11.5. The third-order valence-electron chi connectivity index (χ3n) is 2.28. The fourth-order valence-electron chi connectivity index (χ4n) is 1.49. The van der Waals surface area contributed by atoms with Gasteiger partial charge in [-0.3, -0.25) is 4.79 Å². The van der Waals surface area contributed by atoms with Gasteiger partial charge in [-0.15, -0.1) is 0 Å². The first-order valence-corrected chi connectivity index (χ1v) is 4.80. The third kappa shape index (κ3) is 1.82. The molecule has 0 aliphatic heterocycles. The van der Waals surface area contributed by atoms with Gasteiger partial charge in [0.2, 0.25) is 5.89 Å². The van der Waals surface area contributed by atoms with Crippen molar-refractivity contribution in [1.82, 2.24) is 4.98 Å². The highest BCUT2D eigenvalue weighted by atomic mass is 16.5. The van der Waals surface area contributed by atoms with Gasteiger partial charge in [0, 0.05) is 5.56 Å². The lowest BCUT2D eigenvalue weighted by atomic mass is 10.1. The average Bonchev–Trinajstić information content (AvgIpc) is 2.77. The van der Waals surface area contributed by atoms with Crippen molar-refractivity contribution in [2.24, 2.45) is 0 Å². The highest BCUT2D eigenvalue weighted by Crippen LogP contribution is 2.25. The van der Waals surface area contributed by atoms with E-state index in [9.17, 15) is 4.79 Å². The van der Waals surface area contributed by atoms with Crippen LogP contribution in [-0.2, 0) is 0 Å². The van der Waals surface area contributed by atoms with Gasteiger partial charge in [-0.2, -0.15) is 0 Å². The summed E-state index contributed by atoms with van der Waals surface area (Å²) in [5.74, 6) is 1.47. The maximum atomic E-state index is 10.5. The number of ether oxygens (including phenoxy) is 1. The molecule has 0 saturated heterocycles. The van der Waals surface area contributed by atoms with Crippen molar-refractivity contribution in [3.8, 4) is 17.2 Å². The lowest BCUT2D eigenvalue weighted by molar-refractivity contribution is 0.110. The molecule has 0 aliphatic carbocycles. The fraction of sp³-hybridized carbons (Fsp3) is 0.167. The number of methoxy groups -OCH3 is 1. The molecule has 0 fully saturated rings. The van der Waals surface area contributed by atoms with Gasteiger partial charge in [-0.1, -0.05) is 0 Å². The van der Waals surface area contributed by atoms with Gasteiger partial charge in [-0.25, -0.2) is 4.98 Å². The van der Waals surface area contributed by atoms with Crippen molar-refractivity contribution in [2.75, 3.05) is 7.11 Å². The summed E-state index contributed by atoms with van der Waals surface area (Å²) in [6.07, 6.45) is 2.04. The van der Waals surface area contributed by atoms with Crippen molar-refractivity contribution in [3.05, 3.63) is 35.7 Å². The Balaban J connectivity index is 2.40. The van der Waals surface area contributed by atoms with Crippen LogP contribution in [-0.4, -0.2) is 18.4 Å². The Bertz CT molecular complexity index is 517. The van der Waals surface area contributed by atoms with Crippen LogP contribution in [0.4, 0.5) is 0 Å². The molecule has 16 heavy (non-hydrogen) atoms. The van der Waals surface area contributed by atoms with Gasteiger partial charge >= 0.3 is 0 Å². The van der Waals surface area contributed by atoms with Gasteiger partial charge < -0.3 is 9.15 Å². The van der Waals surface area contributed by atoms with E-state index >= 15 is 0 Å². The molecule has 0 radical (unpaired) electrons. The van der Waals surface area contributed by atoms with E-state index in [-0.39, 0.29) is 5.76 Å². The minimum absolute atomic E-state index is 0.225. The molecule has 4 heteroatoms. The Labute approximate surface area is 92.9 Å². The van der Waals surface area contributed by atoms with Crippen molar-refractivity contribution in [3.63, 3.8) is 0 Å². The number of aromatic nitrogens is 1. The number of hydrogen-bond acceptors (Lipinski definition) is 4. The van der Waals surface area contributed by atoms with Crippen LogP contribution in [0.2, 0.25) is 0 Å². The van der Waals surface area contributed by atoms with Crippen LogP contribution >= 0.6 is 0 Å². The minimum atomic E-state index is 0.225. The average molecular weight is 217 g/mol. The van der Waals surface area contributed by atoms with E-state index in [1.807, 2.05) is 25.1 Å². The molecule has 2 rings (SSSR count). The third-order valence-corrected chi connectivity index (χ3v) is 2.28. The molecule has 1 aromatic carbocycles. The van der Waals surface area contributed by atoms with E-state index in [1.165, 1.54) is 6.20 Å². The second-order valence-electron chi connectivity index (χ2n) is 3.37. The molecule has 0 unspecified atom stereocenters. The number of hydrogen-bond donors (Lipinski definition) is 0. The summed E-state index contributed by atoms with van der Waals surface area (Å²) >= 11 is 0. The van der Waals surface area contributed by atoms with Crippen molar-refractivity contribution >= 4 is 6.29 Å². The van der Waals surface area contributed by atoms with E-state index in [2.05, 4.69) is 4.98 Å². The summed E-state index contributed by atoms with van der Waals surface area (Å²) in [5.41, 5.74) is 1.82. The summed E-state index contributed by atoms with van der Waals surface area (Å²) in [7, 11) is 1.62. The number of rotatable bonds is 3. The molecule has 0 spiro atoms. The van der Waals surface area contributed by atoms with E-state index in [4.69, 9.17) is 9.15 Å². The van der Waals surface area contributed by atoms with Crippen LogP contribution in [0.1, 0.15) is 16.1 Å². The Morgan fingerprint density at radius 3 is 2.81 bits per heavy atom. The maximum absolute atomic E-state index is 10.5. The summed E-state index contributed by atoms with van der Waals surface area (Å²) in [4.78, 5) is 14.5. The predicted octanol–water partition coefficient (Wildman–Crippen LogP) is 2.47. The summed E-state index contributed by atoms with van der Waals surface area (Å²) in [6.45, 7) is 1.94. The van der Waals surface area contributed by atoms with Gasteiger partial charge in [-0.05, 0) is 30.7 Å². The number of nitrogens with zero attached hydrogens (tertiary/aromatic N) is 1. The fourth-order valence-corrected chi connectivity index (χ4v) is 1.49. The Kier molecular flexibility index (Phi) is 2.72. The summed E-state index contributed by atoms with van der Waals surface area (Å²) < 4.78 is 10.4. The van der Waals surface area contributed by atoms with Crippen LogP contribution in [0.25, 0.3) is 11.5 Å². The first-order chi connectivity index (χ1) is 7.74. The van der Waals surface area contributed by atoms with Gasteiger partial charge in [0.15, 0.2) is 12.0 Å². The lowest BCUT2D eigenvalue weighted by Gasteiger charge is -2.04. The van der Waals surface area contributed by atoms with Crippen molar-refractivity contribution in [2.45, 2.75) is 6.92 Å². The van der Waals surface area contributed by atoms with E-state index in [1.54, 1.807) is 7.11 Å². The second kappa shape index (κ2) is 4.18. The minimum Gasteiger partial charge on any atom is -0.496 e. The molecule has 0 atom stereocenters. The highest BCUT2D eigenvalue weighted by molar-refractivity contribution is 5.71. The number of aryl methyl sites for hydroxylation is 1. The standard InChI is InChI=1S/C12H11NO3/c1-8-5-9(3-4-11(8)15-2)12-13-6-10(7-14)16-12/h3-7H,1-2H3. The summed E-state index contributed by atoms with van der Waals surface area (Å²) in [6, 6.07) is 5.58. The lowest BCUT2D eigenvalue weighted by Crippen LogP contribution is -1.87.